The molecule has 0 radical (unpaired) electrons. The van der Waals surface area contributed by atoms with Crippen molar-refractivity contribution in [2.45, 2.75) is 31.8 Å². The number of rotatable bonds is 1. The second-order valence-electron chi connectivity index (χ2n) is 3.12. The molecule has 48 valence electrons. The molecule has 0 bridgehead atoms. The Morgan fingerprint density at radius 2 is 2.12 bits per heavy atom. The Kier molecular flexibility index (Phi) is 1.29. The fraction of sp³-hybridized carbons (Fsp3) is 1.00. The molecule has 1 atom stereocenters. The first-order valence-electron chi connectivity index (χ1n) is 3.13. The Balaban J connectivity index is 2.34. The Morgan fingerprint density at radius 1 is 1.62 bits per heavy atom. The molecule has 0 spiro atoms. The molecule has 0 aliphatic carbocycles. The predicted molar refractivity (Wildman–Crippen MR) is 34.7 cm³/mol. The smallest absolute Gasteiger partial charge is 0.0254 e. The summed E-state index contributed by atoms with van der Waals surface area (Å²) in [7, 11) is 0. The summed E-state index contributed by atoms with van der Waals surface area (Å²) >= 11 is 0. The van der Waals surface area contributed by atoms with E-state index >= 15 is 0 Å². The largest absolute Gasteiger partial charge is 0.324 e. The molecule has 1 unspecified atom stereocenters. The van der Waals surface area contributed by atoms with Crippen molar-refractivity contribution in [3.05, 3.63) is 0 Å². The van der Waals surface area contributed by atoms with Crippen LogP contribution in [-0.2, 0) is 0 Å². The van der Waals surface area contributed by atoms with Gasteiger partial charge in [-0.05, 0) is 26.8 Å². The lowest BCUT2D eigenvalue weighted by atomic mass is 9.88. The van der Waals surface area contributed by atoms with Gasteiger partial charge in [-0.3, -0.25) is 0 Å². The Labute approximate surface area is 50.4 Å². The van der Waals surface area contributed by atoms with Crippen LogP contribution < -0.4 is 11.1 Å². The highest BCUT2D eigenvalue weighted by atomic mass is 15.0. The summed E-state index contributed by atoms with van der Waals surface area (Å²) in [6, 6.07) is 0.558. The molecule has 0 aromatic carbocycles. The third-order valence-corrected chi connectivity index (χ3v) is 1.72. The SMILES string of the molecule is CC(C)(N)C1CCN1. The number of nitrogens with one attached hydrogen (secondary N) is 1. The van der Waals surface area contributed by atoms with E-state index in [-0.39, 0.29) is 5.54 Å². The van der Waals surface area contributed by atoms with E-state index < -0.39 is 0 Å². The highest BCUT2D eigenvalue weighted by molar-refractivity contribution is 4.93. The van der Waals surface area contributed by atoms with Gasteiger partial charge < -0.3 is 11.1 Å². The first-order valence-corrected chi connectivity index (χ1v) is 3.13. The summed E-state index contributed by atoms with van der Waals surface area (Å²) in [5, 5.41) is 3.26. The van der Waals surface area contributed by atoms with Crippen molar-refractivity contribution in [2.75, 3.05) is 6.54 Å². The molecule has 0 saturated carbocycles. The van der Waals surface area contributed by atoms with E-state index in [4.69, 9.17) is 5.73 Å². The summed E-state index contributed by atoms with van der Waals surface area (Å²) in [6.07, 6.45) is 1.24. The van der Waals surface area contributed by atoms with Crippen LogP contribution >= 0.6 is 0 Å². The minimum atomic E-state index is -0.0156. The lowest BCUT2D eigenvalue weighted by molar-refractivity contribution is 0.252. The van der Waals surface area contributed by atoms with Crippen LogP contribution in [0.4, 0.5) is 0 Å². The van der Waals surface area contributed by atoms with Crippen molar-refractivity contribution < 1.29 is 0 Å². The van der Waals surface area contributed by atoms with Gasteiger partial charge in [0.15, 0.2) is 0 Å². The average Bonchev–Trinajstić information content (AvgIpc) is 1.16. The predicted octanol–water partition coefficient (Wildman–Crippen LogP) is 0.0856. The van der Waals surface area contributed by atoms with Crippen LogP contribution in [-0.4, -0.2) is 18.1 Å². The maximum Gasteiger partial charge on any atom is 0.0254 e. The first kappa shape index (κ1) is 6.05. The fourth-order valence-corrected chi connectivity index (χ4v) is 0.924. The summed E-state index contributed by atoms with van der Waals surface area (Å²) < 4.78 is 0. The van der Waals surface area contributed by atoms with Gasteiger partial charge in [0, 0.05) is 11.6 Å². The van der Waals surface area contributed by atoms with Crippen LogP contribution in [0.15, 0.2) is 0 Å². The van der Waals surface area contributed by atoms with Crippen LogP contribution in [0.1, 0.15) is 20.3 Å². The van der Waals surface area contributed by atoms with Gasteiger partial charge in [0.25, 0.3) is 0 Å². The van der Waals surface area contributed by atoms with Gasteiger partial charge in [0.2, 0.25) is 0 Å². The maximum atomic E-state index is 5.78. The quantitative estimate of drug-likeness (QED) is 0.507. The second kappa shape index (κ2) is 1.71. The zero-order valence-electron chi connectivity index (χ0n) is 5.57. The summed E-state index contributed by atoms with van der Waals surface area (Å²) in [5.74, 6) is 0. The lowest BCUT2D eigenvalue weighted by Crippen LogP contribution is -2.60. The molecule has 1 aliphatic rings. The van der Waals surface area contributed by atoms with Gasteiger partial charge in [0.1, 0.15) is 0 Å². The summed E-state index contributed by atoms with van der Waals surface area (Å²) in [6.45, 7) is 5.26. The zero-order valence-corrected chi connectivity index (χ0v) is 5.57. The van der Waals surface area contributed by atoms with Crippen LogP contribution in [0.25, 0.3) is 0 Å². The molecule has 1 heterocycles. The van der Waals surface area contributed by atoms with Crippen molar-refractivity contribution in [1.29, 1.82) is 0 Å². The monoisotopic (exact) mass is 114 g/mol. The molecule has 1 aliphatic heterocycles. The lowest BCUT2D eigenvalue weighted by Gasteiger charge is -2.38. The standard InChI is InChI=1S/C6H14N2/c1-6(2,7)5-3-4-8-5/h5,8H,3-4,7H2,1-2H3. The zero-order chi connectivity index (χ0) is 6.20. The summed E-state index contributed by atoms with van der Waals surface area (Å²) in [4.78, 5) is 0. The molecular weight excluding hydrogens is 100 g/mol. The number of hydrogen-bond donors (Lipinski definition) is 2. The van der Waals surface area contributed by atoms with E-state index in [1.54, 1.807) is 0 Å². The third kappa shape index (κ3) is 1.01. The van der Waals surface area contributed by atoms with Crippen molar-refractivity contribution in [3.63, 3.8) is 0 Å². The highest BCUT2D eigenvalue weighted by Gasteiger charge is 2.29. The Morgan fingerprint density at radius 3 is 2.12 bits per heavy atom. The van der Waals surface area contributed by atoms with Gasteiger partial charge in [-0.2, -0.15) is 0 Å². The molecule has 0 aromatic rings. The third-order valence-electron chi connectivity index (χ3n) is 1.72. The molecule has 8 heavy (non-hydrogen) atoms. The van der Waals surface area contributed by atoms with Crippen molar-refractivity contribution in [2.24, 2.45) is 5.73 Å². The van der Waals surface area contributed by atoms with E-state index in [2.05, 4.69) is 19.2 Å². The van der Waals surface area contributed by atoms with Crippen LogP contribution in [0.3, 0.4) is 0 Å². The van der Waals surface area contributed by atoms with E-state index in [9.17, 15) is 0 Å². The normalized spacial score (nSPS) is 29.6. The molecular formula is C6H14N2. The number of hydrogen-bond acceptors (Lipinski definition) is 2. The van der Waals surface area contributed by atoms with Crippen LogP contribution in [0.5, 0.6) is 0 Å². The molecule has 2 heteroatoms. The van der Waals surface area contributed by atoms with Gasteiger partial charge in [-0.25, -0.2) is 0 Å². The van der Waals surface area contributed by atoms with Crippen molar-refractivity contribution in [1.82, 2.24) is 5.32 Å². The van der Waals surface area contributed by atoms with E-state index in [0.29, 0.717) is 6.04 Å². The molecule has 1 rings (SSSR count). The van der Waals surface area contributed by atoms with Crippen molar-refractivity contribution in [3.8, 4) is 0 Å². The molecule has 3 N–H and O–H groups in total. The van der Waals surface area contributed by atoms with E-state index in [1.165, 1.54) is 6.42 Å². The first-order chi connectivity index (χ1) is 3.61. The molecule has 2 nitrogen and oxygen atoms in total. The van der Waals surface area contributed by atoms with E-state index in [0.717, 1.165) is 6.54 Å². The highest BCUT2D eigenvalue weighted by Crippen LogP contribution is 2.14. The minimum absolute atomic E-state index is 0.0156. The van der Waals surface area contributed by atoms with Crippen LogP contribution in [0.2, 0.25) is 0 Å². The van der Waals surface area contributed by atoms with Gasteiger partial charge in [-0.1, -0.05) is 0 Å². The second-order valence-corrected chi connectivity index (χ2v) is 3.12. The van der Waals surface area contributed by atoms with Crippen molar-refractivity contribution >= 4 is 0 Å². The minimum Gasteiger partial charge on any atom is -0.324 e. The number of nitrogens with two attached hydrogens (primary N) is 1. The molecule has 1 fully saturated rings. The van der Waals surface area contributed by atoms with E-state index in [1.807, 2.05) is 0 Å². The molecule has 0 amide bonds. The Bertz CT molecular complexity index is 79.0. The van der Waals surface area contributed by atoms with Gasteiger partial charge >= 0.3 is 0 Å². The summed E-state index contributed by atoms with van der Waals surface area (Å²) in [5.41, 5.74) is 5.76. The topological polar surface area (TPSA) is 38.0 Å². The van der Waals surface area contributed by atoms with Gasteiger partial charge in [-0.15, -0.1) is 0 Å². The fourth-order valence-electron chi connectivity index (χ4n) is 0.924. The maximum absolute atomic E-state index is 5.78. The molecule has 0 aromatic heterocycles. The molecule has 1 saturated heterocycles. The Hall–Kier alpha value is -0.0800. The average molecular weight is 114 g/mol. The van der Waals surface area contributed by atoms with Gasteiger partial charge in [0.05, 0.1) is 0 Å². The van der Waals surface area contributed by atoms with Crippen LogP contribution in [0, 0.1) is 0 Å².